The van der Waals surface area contributed by atoms with Gasteiger partial charge < -0.3 is 9.47 Å². The van der Waals surface area contributed by atoms with E-state index < -0.39 is 5.60 Å². The lowest BCUT2D eigenvalue weighted by molar-refractivity contribution is 0.0105. The Morgan fingerprint density at radius 3 is 2.50 bits per heavy atom. The zero-order valence-corrected chi connectivity index (χ0v) is 9.06. The average molecular weight is 221 g/mol. The molecule has 0 fully saturated rings. The molecule has 88 valence electrons. The number of aromatic nitrogens is 1. The smallest absolute Gasteiger partial charge is 0.123 e. The molecule has 1 rings (SSSR count). The maximum Gasteiger partial charge on any atom is 0.123 e. The molecule has 3 nitrogen and oxygen atoms in total. The molecular weight excluding hydrogens is 202 g/mol. The first-order chi connectivity index (χ1) is 7.14. The first-order valence-corrected chi connectivity index (χ1v) is 4.78. The van der Waals surface area contributed by atoms with Gasteiger partial charge in [0.15, 0.2) is 0 Å². The molecule has 0 bridgehead atoms. The Morgan fingerprint density at radius 2 is 1.94 bits per heavy atom. The maximum absolute atomic E-state index is 5.42. The molecule has 16 heavy (non-hydrogen) atoms. The van der Waals surface area contributed by atoms with Crippen LogP contribution in [-0.4, -0.2) is 23.8 Å². The third-order valence-corrected chi connectivity index (χ3v) is 1.81. The number of terminal acetylenes is 1. The Morgan fingerprint density at radius 1 is 1.31 bits per heavy atom. The van der Waals surface area contributed by atoms with Crippen LogP contribution in [0.25, 0.3) is 0 Å². The van der Waals surface area contributed by atoms with Crippen molar-refractivity contribution < 1.29 is 9.47 Å². The van der Waals surface area contributed by atoms with Crippen LogP contribution < -0.4 is 4.74 Å². The molecule has 0 aliphatic carbocycles. The SMILES string of the molecule is C.C#CC(C)(C)OCCOc1ccncc1. The minimum atomic E-state index is -0.526. The highest BCUT2D eigenvalue weighted by atomic mass is 16.5. The molecule has 0 aliphatic rings. The summed E-state index contributed by atoms with van der Waals surface area (Å²) in [6, 6.07) is 3.60. The van der Waals surface area contributed by atoms with E-state index in [1.807, 2.05) is 13.8 Å². The van der Waals surface area contributed by atoms with E-state index >= 15 is 0 Å². The quantitative estimate of drug-likeness (QED) is 0.565. The van der Waals surface area contributed by atoms with E-state index in [-0.39, 0.29) is 7.43 Å². The van der Waals surface area contributed by atoms with Crippen LogP contribution in [0.5, 0.6) is 5.75 Å². The summed E-state index contributed by atoms with van der Waals surface area (Å²) < 4.78 is 10.8. The number of rotatable bonds is 5. The Hall–Kier alpha value is -1.53. The molecule has 0 unspecified atom stereocenters. The molecule has 0 saturated heterocycles. The minimum Gasteiger partial charge on any atom is -0.491 e. The van der Waals surface area contributed by atoms with Crippen molar-refractivity contribution in [1.82, 2.24) is 4.98 Å². The largest absolute Gasteiger partial charge is 0.491 e. The predicted octanol–water partition coefficient (Wildman–Crippen LogP) is 2.52. The van der Waals surface area contributed by atoms with E-state index in [0.29, 0.717) is 13.2 Å². The fraction of sp³-hybridized carbons (Fsp3) is 0.462. The first kappa shape index (κ1) is 14.5. The first-order valence-electron chi connectivity index (χ1n) is 4.78. The van der Waals surface area contributed by atoms with Crippen molar-refractivity contribution in [3.05, 3.63) is 24.5 Å². The van der Waals surface area contributed by atoms with Gasteiger partial charge in [-0.15, -0.1) is 6.42 Å². The van der Waals surface area contributed by atoms with Gasteiger partial charge in [0.1, 0.15) is 18.0 Å². The molecule has 1 aromatic rings. The zero-order chi connectivity index (χ0) is 11.1. The van der Waals surface area contributed by atoms with Gasteiger partial charge in [0.2, 0.25) is 0 Å². The summed E-state index contributed by atoms with van der Waals surface area (Å²) in [4.78, 5) is 3.89. The molecule has 0 N–H and O–H groups in total. The summed E-state index contributed by atoms with van der Waals surface area (Å²) in [5.41, 5.74) is -0.526. The molecule has 0 radical (unpaired) electrons. The van der Waals surface area contributed by atoms with Crippen molar-refractivity contribution in [2.75, 3.05) is 13.2 Å². The Labute approximate surface area is 97.8 Å². The summed E-state index contributed by atoms with van der Waals surface area (Å²) in [6.07, 6.45) is 8.64. The molecular formula is C13H19NO2. The maximum atomic E-state index is 5.42. The van der Waals surface area contributed by atoms with Crippen molar-refractivity contribution in [2.45, 2.75) is 26.9 Å². The number of nitrogens with zero attached hydrogens (tertiary/aromatic N) is 1. The number of hydrogen-bond acceptors (Lipinski definition) is 3. The van der Waals surface area contributed by atoms with Crippen molar-refractivity contribution in [1.29, 1.82) is 0 Å². The zero-order valence-electron chi connectivity index (χ0n) is 9.06. The highest BCUT2D eigenvalue weighted by molar-refractivity contribution is 5.16. The van der Waals surface area contributed by atoms with Crippen LogP contribution in [0.15, 0.2) is 24.5 Å². The highest BCUT2D eigenvalue weighted by Crippen LogP contribution is 2.08. The molecule has 0 atom stereocenters. The number of hydrogen-bond donors (Lipinski definition) is 0. The van der Waals surface area contributed by atoms with E-state index in [4.69, 9.17) is 15.9 Å². The van der Waals surface area contributed by atoms with E-state index in [1.54, 1.807) is 24.5 Å². The lowest BCUT2D eigenvalue weighted by atomic mass is 10.1. The Bertz CT molecular complexity index is 328. The van der Waals surface area contributed by atoms with Crippen LogP contribution in [0.3, 0.4) is 0 Å². The summed E-state index contributed by atoms with van der Waals surface area (Å²) in [5, 5.41) is 0. The summed E-state index contributed by atoms with van der Waals surface area (Å²) >= 11 is 0. The van der Waals surface area contributed by atoms with E-state index in [0.717, 1.165) is 5.75 Å². The molecule has 3 heteroatoms. The summed E-state index contributed by atoms with van der Waals surface area (Å²) in [5.74, 6) is 3.34. The Balaban J connectivity index is 0.00000225. The lowest BCUT2D eigenvalue weighted by Gasteiger charge is -2.18. The third kappa shape index (κ3) is 5.38. The second-order valence-corrected chi connectivity index (χ2v) is 3.53. The molecule has 0 saturated carbocycles. The molecule has 1 aromatic heterocycles. The molecule has 1 heterocycles. The van der Waals surface area contributed by atoms with Crippen LogP contribution in [0.4, 0.5) is 0 Å². The van der Waals surface area contributed by atoms with E-state index in [2.05, 4.69) is 10.9 Å². The van der Waals surface area contributed by atoms with Gasteiger partial charge in [-0.25, -0.2) is 0 Å². The van der Waals surface area contributed by atoms with Crippen molar-refractivity contribution >= 4 is 0 Å². The molecule has 0 aliphatic heterocycles. The highest BCUT2D eigenvalue weighted by Gasteiger charge is 2.13. The average Bonchev–Trinajstić information content (AvgIpc) is 2.26. The van der Waals surface area contributed by atoms with Crippen molar-refractivity contribution in [3.8, 4) is 18.1 Å². The fourth-order valence-electron chi connectivity index (χ4n) is 0.932. The van der Waals surface area contributed by atoms with Gasteiger partial charge in [0.05, 0.1) is 6.61 Å². The fourth-order valence-corrected chi connectivity index (χ4v) is 0.932. The standard InChI is InChI=1S/C12H15NO2.CH4/c1-4-12(2,3)15-10-9-14-11-5-7-13-8-6-11;/h1,5-8H,9-10H2,2-3H3;1H4. The topological polar surface area (TPSA) is 31.4 Å². The predicted molar refractivity (Wildman–Crippen MR) is 65.3 cm³/mol. The van der Waals surface area contributed by atoms with Gasteiger partial charge in [0.25, 0.3) is 0 Å². The monoisotopic (exact) mass is 221 g/mol. The summed E-state index contributed by atoms with van der Waals surface area (Å²) in [7, 11) is 0. The van der Waals surface area contributed by atoms with Crippen molar-refractivity contribution in [2.24, 2.45) is 0 Å². The van der Waals surface area contributed by atoms with Gasteiger partial charge in [-0.2, -0.15) is 0 Å². The normalized spacial score (nSPS) is 10.1. The van der Waals surface area contributed by atoms with Crippen LogP contribution >= 0.6 is 0 Å². The van der Waals surface area contributed by atoms with Crippen LogP contribution in [-0.2, 0) is 4.74 Å². The van der Waals surface area contributed by atoms with Crippen molar-refractivity contribution in [3.63, 3.8) is 0 Å². The second kappa shape index (κ2) is 6.86. The van der Waals surface area contributed by atoms with Gasteiger partial charge in [0, 0.05) is 12.4 Å². The Kier molecular flexibility index (Phi) is 6.21. The van der Waals surface area contributed by atoms with Crippen LogP contribution in [0.1, 0.15) is 21.3 Å². The number of pyridine rings is 1. The minimum absolute atomic E-state index is 0. The van der Waals surface area contributed by atoms with Crippen LogP contribution in [0, 0.1) is 12.3 Å². The van der Waals surface area contributed by atoms with Gasteiger partial charge in [-0.05, 0) is 26.0 Å². The third-order valence-electron chi connectivity index (χ3n) is 1.81. The number of ether oxygens (including phenoxy) is 2. The van der Waals surface area contributed by atoms with E-state index in [9.17, 15) is 0 Å². The summed E-state index contributed by atoms with van der Waals surface area (Å²) in [6.45, 7) is 4.65. The van der Waals surface area contributed by atoms with Gasteiger partial charge in [-0.3, -0.25) is 4.98 Å². The van der Waals surface area contributed by atoms with E-state index in [1.165, 1.54) is 0 Å². The van der Waals surface area contributed by atoms with Gasteiger partial charge in [-0.1, -0.05) is 13.3 Å². The lowest BCUT2D eigenvalue weighted by Crippen LogP contribution is -2.24. The van der Waals surface area contributed by atoms with Gasteiger partial charge >= 0.3 is 0 Å². The molecule has 0 amide bonds. The molecule has 0 spiro atoms. The van der Waals surface area contributed by atoms with Crippen LogP contribution in [0.2, 0.25) is 0 Å². The molecule has 0 aromatic carbocycles. The second-order valence-electron chi connectivity index (χ2n) is 3.53.